The van der Waals surface area contributed by atoms with E-state index >= 15 is 0 Å². The number of halogens is 1. The fraction of sp³-hybridized carbons (Fsp3) is 0.250. The lowest BCUT2D eigenvalue weighted by molar-refractivity contribution is 0.281. The van der Waals surface area contributed by atoms with E-state index in [-0.39, 0.29) is 12.4 Å². The Balaban J connectivity index is 2.16. The summed E-state index contributed by atoms with van der Waals surface area (Å²) in [6, 6.07) is 12.4. The van der Waals surface area contributed by atoms with Gasteiger partial charge in [0.1, 0.15) is 11.6 Å². The van der Waals surface area contributed by atoms with E-state index < -0.39 is 0 Å². The van der Waals surface area contributed by atoms with Gasteiger partial charge in [-0.15, -0.1) is 0 Å². The molecule has 2 rings (SSSR count). The van der Waals surface area contributed by atoms with Crippen LogP contribution < -0.4 is 9.64 Å². The zero-order chi connectivity index (χ0) is 14.5. The Labute approximate surface area is 118 Å². The fourth-order valence-corrected chi connectivity index (χ4v) is 2.09. The zero-order valence-corrected chi connectivity index (χ0v) is 11.6. The van der Waals surface area contributed by atoms with E-state index in [4.69, 9.17) is 9.84 Å². The summed E-state index contributed by atoms with van der Waals surface area (Å²) < 4.78 is 19.1. The molecule has 0 spiro atoms. The number of rotatable bonds is 5. The van der Waals surface area contributed by atoms with Crippen LogP contribution in [0.15, 0.2) is 42.5 Å². The van der Waals surface area contributed by atoms with Crippen LogP contribution in [0.2, 0.25) is 0 Å². The number of hydrogen-bond donors (Lipinski definition) is 1. The van der Waals surface area contributed by atoms with Gasteiger partial charge in [-0.2, -0.15) is 0 Å². The predicted octanol–water partition coefficient (Wildman–Crippen LogP) is 2.96. The molecule has 3 nitrogen and oxygen atoms in total. The maximum atomic E-state index is 14.0. The highest BCUT2D eigenvalue weighted by Crippen LogP contribution is 2.22. The van der Waals surface area contributed by atoms with Crippen molar-refractivity contribution in [3.05, 3.63) is 59.4 Å². The summed E-state index contributed by atoms with van der Waals surface area (Å²) in [6.07, 6.45) is 0. The molecule has 20 heavy (non-hydrogen) atoms. The van der Waals surface area contributed by atoms with Gasteiger partial charge in [0.25, 0.3) is 0 Å². The molecule has 0 saturated heterocycles. The molecular weight excluding hydrogens is 257 g/mol. The molecule has 0 aromatic heterocycles. The number of nitrogens with zero attached hydrogens (tertiary/aromatic N) is 1. The minimum absolute atomic E-state index is 0.156. The normalized spacial score (nSPS) is 10.4. The van der Waals surface area contributed by atoms with E-state index in [1.807, 2.05) is 36.2 Å². The SMILES string of the molecule is COc1cccc(CN(C)c2ccc(CO)cc2F)c1. The van der Waals surface area contributed by atoms with Crippen molar-refractivity contribution in [1.82, 2.24) is 0 Å². The molecular formula is C16H18FNO2. The van der Waals surface area contributed by atoms with Crippen LogP contribution in [0.5, 0.6) is 5.75 Å². The first-order valence-electron chi connectivity index (χ1n) is 6.37. The molecule has 2 aromatic rings. The summed E-state index contributed by atoms with van der Waals surface area (Å²) in [4.78, 5) is 1.82. The summed E-state index contributed by atoms with van der Waals surface area (Å²) in [5.74, 6) is 0.453. The molecule has 1 N–H and O–H groups in total. The van der Waals surface area contributed by atoms with E-state index in [0.717, 1.165) is 11.3 Å². The van der Waals surface area contributed by atoms with Crippen molar-refractivity contribution in [2.45, 2.75) is 13.2 Å². The first kappa shape index (κ1) is 14.3. The van der Waals surface area contributed by atoms with Crippen molar-refractivity contribution < 1.29 is 14.2 Å². The Morgan fingerprint density at radius 3 is 2.60 bits per heavy atom. The molecule has 0 saturated carbocycles. The van der Waals surface area contributed by atoms with Gasteiger partial charge in [-0.05, 0) is 35.4 Å². The minimum atomic E-state index is -0.332. The molecule has 2 aromatic carbocycles. The molecule has 4 heteroatoms. The van der Waals surface area contributed by atoms with Gasteiger partial charge < -0.3 is 14.7 Å². The molecule has 0 bridgehead atoms. The first-order valence-corrected chi connectivity index (χ1v) is 6.37. The monoisotopic (exact) mass is 275 g/mol. The van der Waals surface area contributed by atoms with Crippen molar-refractivity contribution >= 4 is 5.69 Å². The van der Waals surface area contributed by atoms with Crippen molar-refractivity contribution in [2.75, 3.05) is 19.1 Å². The summed E-state index contributed by atoms with van der Waals surface area (Å²) in [7, 11) is 3.45. The third-order valence-corrected chi connectivity index (χ3v) is 3.16. The van der Waals surface area contributed by atoms with Gasteiger partial charge in [0.2, 0.25) is 0 Å². The molecule has 0 aliphatic rings. The number of benzene rings is 2. The van der Waals surface area contributed by atoms with Crippen LogP contribution in [-0.4, -0.2) is 19.3 Å². The zero-order valence-electron chi connectivity index (χ0n) is 11.6. The van der Waals surface area contributed by atoms with Crippen molar-refractivity contribution in [3.63, 3.8) is 0 Å². The third-order valence-electron chi connectivity index (χ3n) is 3.16. The highest BCUT2D eigenvalue weighted by atomic mass is 19.1. The number of anilines is 1. The molecule has 0 aliphatic carbocycles. The van der Waals surface area contributed by atoms with Crippen LogP contribution in [0.25, 0.3) is 0 Å². The molecule has 0 heterocycles. The van der Waals surface area contributed by atoms with E-state index in [0.29, 0.717) is 17.8 Å². The number of aliphatic hydroxyl groups excluding tert-OH is 1. The van der Waals surface area contributed by atoms with Gasteiger partial charge in [-0.3, -0.25) is 0 Å². The van der Waals surface area contributed by atoms with Crippen LogP contribution in [0.1, 0.15) is 11.1 Å². The Hall–Kier alpha value is -2.07. The third kappa shape index (κ3) is 3.27. The lowest BCUT2D eigenvalue weighted by Gasteiger charge is -2.20. The van der Waals surface area contributed by atoms with Crippen LogP contribution in [-0.2, 0) is 13.2 Å². The molecule has 0 atom stereocenters. The van der Waals surface area contributed by atoms with Crippen LogP contribution in [0, 0.1) is 5.82 Å². The maximum absolute atomic E-state index is 14.0. The van der Waals surface area contributed by atoms with E-state index in [1.165, 1.54) is 6.07 Å². The highest BCUT2D eigenvalue weighted by molar-refractivity contribution is 5.49. The summed E-state index contributed by atoms with van der Waals surface area (Å²) >= 11 is 0. The van der Waals surface area contributed by atoms with Gasteiger partial charge >= 0.3 is 0 Å². The van der Waals surface area contributed by atoms with E-state index in [1.54, 1.807) is 19.2 Å². The highest BCUT2D eigenvalue weighted by Gasteiger charge is 2.09. The molecule has 0 unspecified atom stereocenters. The van der Waals surface area contributed by atoms with E-state index in [9.17, 15) is 4.39 Å². The van der Waals surface area contributed by atoms with Gasteiger partial charge in [-0.25, -0.2) is 4.39 Å². The van der Waals surface area contributed by atoms with Crippen molar-refractivity contribution in [2.24, 2.45) is 0 Å². The fourth-order valence-electron chi connectivity index (χ4n) is 2.09. The summed E-state index contributed by atoms with van der Waals surface area (Å²) in [5.41, 5.74) is 2.11. The lowest BCUT2D eigenvalue weighted by atomic mass is 10.1. The van der Waals surface area contributed by atoms with Crippen molar-refractivity contribution in [1.29, 1.82) is 0 Å². The second-order valence-electron chi connectivity index (χ2n) is 4.65. The average molecular weight is 275 g/mol. The molecule has 0 radical (unpaired) electrons. The molecule has 106 valence electrons. The number of hydrogen-bond acceptors (Lipinski definition) is 3. The van der Waals surface area contributed by atoms with Gasteiger partial charge in [0, 0.05) is 13.6 Å². The molecule has 0 aliphatic heterocycles. The van der Waals surface area contributed by atoms with E-state index in [2.05, 4.69) is 0 Å². The standard InChI is InChI=1S/C16H18FNO2/c1-18(10-12-4-3-5-14(8-12)20-2)16-7-6-13(11-19)9-15(16)17/h3-9,19H,10-11H2,1-2H3. The van der Waals surface area contributed by atoms with Gasteiger partial charge in [0.05, 0.1) is 19.4 Å². The van der Waals surface area contributed by atoms with Crippen LogP contribution in [0.4, 0.5) is 10.1 Å². The molecule has 0 amide bonds. The van der Waals surface area contributed by atoms with Crippen LogP contribution in [0.3, 0.4) is 0 Å². The quantitative estimate of drug-likeness (QED) is 0.910. The second kappa shape index (κ2) is 6.39. The Morgan fingerprint density at radius 2 is 1.95 bits per heavy atom. The lowest BCUT2D eigenvalue weighted by Crippen LogP contribution is -2.17. The number of methoxy groups -OCH3 is 1. The second-order valence-corrected chi connectivity index (χ2v) is 4.65. The largest absolute Gasteiger partial charge is 0.497 e. The Kier molecular flexibility index (Phi) is 4.58. The molecule has 0 fully saturated rings. The topological polar surface area (TPSA) is 32.7 Å². The summed E-state index contributed by atoms with van der Waals surface area (Å²) in [6.45, 7) is 0.420. The van der Waals surface area contributed by atoms with Gasteiger partial charge in [-0.1, -0.05) is 18.2 Å². The maximum Gasteiger partial charge on any atom is 0.146 e. The first-order chi connectivity index (χ1) is 9.63. The minimum Gasteiger partial charge on any atom is -0.497 e. The smallest absolute Gasteiger partial charge is 0.146 e. The predicted molar refractivity (Wildman–Crippen MR) is 77.4 cm³/mol. The van der Waals surface area contributed by atoms with Crippen LogP contribution >= 0.6 is 0 Å². The van der Waals surface area contributed by atoms with Gasteiger partial charge in [0.15, 0.2) is 0 Å². The van der Waals surface area contributed by atoms with Crippen molar-refractivity contribution in [3.8, 4) is 5.75 Å². The summed E-state index contributed by atoms with van der Waals surface area (Å²) in [5, 5.41) is 8.99. The number of ether oxygens (including phenoxy) is 1. The Morgan fingerprint density at radius 1 is 1.15 bits per heavy atom. The average Bonchev–Trinajstić information content (AvgIpc) is 2.47. The number of aliphatic hydroxyl groups is 1. The Bertz CT molecular complexity index is 586.